The molecule has 2 atom stereocenters. The van der Waals surface area contributed by atoms with Gasteiger partial charge in [-0.25, -0.2) is 0 Å². The number of hydrogen-bond donors (Lipinski definition) is 1. The summed E-state index contributed by atoms with van der Waals surface area (Å²) in [6.07, 6.45) is -0.406. The molecule has 0 aliphatic carbocycles. The second kappa shape index (κ2) is 4.69. The van der Waals surface area contributed by atoms with Gasteiger partial charge in [0.05, 0.1) is 11.8 Å². The van der Waals surface area contributed by atoms with Crippen LogP contribution in [0.3, 0.4) is 0 Å². The van der Waals surface area contributed by atoms with E-state index in [0.29, 0.717) is 5.56 Å². The molecule has 82 valence electrons. The lowest BCUT2D eigenvalue weighted by Gasteiger charge is -2.13. The fraction of sp³-hybridized carbons (Fsp3) is 0.600. The van der Waals surface area contributed by atoms with E-state index in [1.807, 2.05) is 20.9 Å². The van der Waals surface area contributed by atoms with Gasteiger partial charge in [0.1, 0.15) is 16.7 Å². The molecule has 15 heavy (non-hydrogen) atoms. The van der Waals surface area contributed by atoms with E-state index in [0.717, 1.165) is 10.7 Å². The highest BCUT2D eigenvalue weighted by Gasteiger charge is 2.18. The van der Waals surface area contributed by atoms with Crippen LogP contribution < -0.4 is 0 Å². The van der Waals surface area contributed by atoms with Gasteiger partial charge in [-0.1, -0.05) is 18.7 Å². The number of aliphatic hydroxyl groups excluding tert-OH is 1. The summed E-state index contributed by atoms with van der Waals surface area (Å²) in [6.45, 7) is 5.49. The Hall–Kier alpha value is -0.990. The van der Waals surface area contributed by atoms with E-state index >= 15 is 0 Å². The largest absolute Gasteiger partial charge is 0.392 e. The first-order chi connectivity index (χ1) is 6.97. The molecule has 4 nitrogen and oxygen atoms in total. The van der Waals surface area contributed by atoms with Crippen LogP contribution in [-0.4, -0.2) is 26.2 Å². The molecule has 0 fully saturated rings. The van der Waals surface area contributed by atoms with Crippen molar-refractivity contribution in [2.75, 3.05) is 0 Å². The summed E-state index contributed by atoms with van der Waals surface area (Å²) in [7, 11) is 1.81. The van der Waals surface area contributed by atoms with Gasteiger partial charge in [-0.05, 0) is 13.8 Å². The number of aliphatic hydroxyl groups is 1. The van der Waals surface area contributed by atoms with Crippen LogP contribution in [0.4, 0.5) is 0 Å². The van der Waals surface area contributed by atoms with Gasteiger partial charge in [-0.15, -0.1) is 0 Å². The zero-order valence-corrected chi connectivity index (χ0v) is 10.2. The predicted molar refractivity (Wildman–Crippen MR) is 59.7 cm³/mol. The van der Waals surface area contributed by atoms with E-state index in [1.54, 1.807) is 11.6 Å². The number of nitriles is 1. The van der Waals surface area contributed by atoms with Crippen molar-refractivity contribution in [1.82, 2.24) is 9.78 Å². The van der Waals surface area contributed by atoms with Crippen molar-refractivity contribution >= 4 is 11.8 Å². The van der Waals surface area contributed by atoms with Gasteiger partial charge in [0.25, 0.3) is 0 Å². The molecule has 0 spiro atoms. The first-order valence-corrected chi connectivity index (χ1v) is 5.63. The zero-order chi connectivity index (χ0) is 11.6. The molecule has 5 heteroatoms. The second-order valence-corrected chi connectivity index (χ2v) is 4.93. The van der Waals surface area contributed by atoms with Crippen molar-refractivity contribution in [2.45, 2.75) is 37.2 Å². The SMILES string of the molecule is Cc1nn(C)c(SC(C)C(C)O)c1C#N. The molecular weight excluding hydrogens is 210 g/mol. The number of aryl methyl sites for hydroxylation is 2. The van der Waals surface area contributed by atoms with Crippen LogP contribution in [0.5, 0.6) is 0 Å². The summed E-state index contributed by atoms with van der Waals surface area (Å²) in [5.74, 6) is 0. The lowest BCUT2D eigenvalue weighted by atomic mass is 10.3. The molecule has 0 aliphatic rings. The van der Waals surface area contributed by atoms with Gasteiger partial charge in [-0.3, -0.25) is 4.68 Å². The third kappa shape index (κ3) is 2.52. The van der Waals surface area contributed by atoms with Crippen LogP contribution in [0, 0.1) is 18.3 Å². The highest BCUT2D eigenvalue weighted by atomic mass is 32.2. The number of rotatable bonds is 3. The van der Waals surface area contributed by atoms with Crippen molar-refractivity contribution in [1.29, 1.82) is 5.26 Å². The molecule has 0 bridgehead atoms. The number of hydrogen-bond acceptors (Lipinski definition) is 4. The highest BCUT2D eigenvalue weighted by molar-refractivity contribution is 8.00. The fourth-order valence-corrected chi connectivity index (χ4v) is 2.23. The van der Waals surface area contributed by atoms with Gasteiger partial charge < -0.3 is 5.11 Å². The summed E-state index contributed by atoms with van der Waals surface area (Å²) in [5.41, 5.74) is 1.34. The maximum Gasteiger partial charge on any atom is 0.112 e. The molecule has 2 unspecified atom stereocenters. The van der Waals surface area contributed by atoms with E-state index in [-0.39, 0.29) is 5.25 Å². The van der Waals surface area contributed by atoms with Crippen molar-refractivity contribution in [3.05, 3.63) is 11.3 Å². The minimum absolute atomic E-state index is 0.0481. The molecule has 0 aliphatic heterocycles. The maximum atomic E-state index is 9.41. The molecule has 1 aromatic rings. The van der Waals surface area contributed by atoms with E-state index in [4.69, 9.17) is 5.26 Å². The summed E-state index contributed by atoms with van der Waals surface area (Å²) in [6, 6.07) is 2.14. The Labute approximate surface area is 93.9 Å². The molecule has 1 rings (SSSR count). The molecule has 0 radical (unpaired) electrons. The number of aromatic nitrogens is 2. The molecule has 0 saturated heterocycles. The third-order valence-corrected chi connectivity index (χ3v) is 3.72. The topological polar surface area (TPSA) is 61.8 Å². The Kier molecular flexibility index (Phi) is 3.77. The van der Waals surface area contributed by atoms with Crippen LogP contribution in [0.2, 0.25) is 0 Å². The predicted octanol–water partition coefficient (Wildman–Crippen LogP) is 1.46. The van der Waals surface area contributed by atoms with Crippen LogP contribution in [0.1, 0.15) is 25.1 Å². The minimum atomic E-state index is -0.406. The van der Waals surface area contributed by atoms with Crippen molar-refractivity contribution in [3.8, 4) is 6.07 Å². The third-order valence-electron chi connectivity index (χ3n) is 2.26. The van der Waals surface area contributed by atoms with Crippen LogP contribution in [-0.2, 0) is 7.05 Å². The van der Waals surface area contributed by atoms with Crippen LogP contribution in [0.25, 0.3) is 0 Å². The molecule has 1 N–H and O–H groups in total. The molecule has 1 heterocycles. The monoisotopic (exact) mass is 225 g/mol. The Morgan fingerprint density at radius 2 is 2.13 bits per heavy atom. The van der Waals surface area contributed by atoms with E-state index in [2.05, 4.69) is 11.2 Å². The number of nitrogens with zero attached hydrogens (tertiary/aromatic N) is 3. The Morgan fingerprint density at radius 1 is 1.53 bits per heavy atom. The molecule has 0 saturated carbocycles. The Bertz CT molecular complexity index is 392. The fourth-order valence-electron chi connectivity index (χ4n) is 1.18. The van der Waals surface area contributed by atoms with Gasteiger partial charge in [-0.2, -0.15) is 10.4 Å². The quantitative estimate of drug-likeness (QED) is 0.791. The maximum absolute atomic E-state index is 9.41. The normalized spacial score (nSPS) is 14.7. The van der Waals surface area contributed by atoms with Crippen molar-refractivity contribution in [2.24, 2.45) is 7.05 Å². The zero-order valence-electron chi connectivity index (χ0n) is 9.35. The van der Waals surface area contributed by atoms with E-state index < -0.39 is 6.10 Å². The smallest absolute Gasteiger partial charge is 0.112 e. The first-order valence-electron chi connectivity index (χ1n) is 4.75. The van der Waals surface area contributed by atoms with Crippen LogP contribution in [0.15, 0.2) is 5.03 Å². The second-order valence-electron chi connectivity index (χ2n) is 3.56. The van der Waals surface area contributed by atoms with E-state index in [9.17, 15) is 5.11 Å². The van der Waals surface area contributed by atoms with Gasteiger partial charge in [0.2, 0.25) is 0 Å². The summed E-state index contributed by atoms with van der Waals surface area (Å²) in [4.78, 5) is 0. The number of thioether (sulfide) groups is 1. The van der Waals surface area contributed by atoms with Gasteiger partial charge >= 0.3 is 0 Å². The molecule has 1 aromatic heterocycles. The van der Waals surface area contributed by atoms with Gasteiger partial charge in [0.15, 0.2) is 0 Å². The highest BCUT2D eigenvalue weighted by Crippen LogP contribution is 2.29. The summed E-state index contributed by atoms with van der Waals surface area (Å²) in [5, 5.41) is 23.5. The average Bonchev–Trinajstić information content (AvgIpc) is 2.41. The van der Waals surface area contributed by atoms with Gasteiger partial charge in [0, 0.05) is 12.3 Å². The Morgan fingerprint density at radius 3 is 2.60 bits per heavy atom. The van der Waals surface area contributed by atoms with Crippen molar-refractivity contribution in [3.63, 3.8) is 0 Å². The standard InChI is InChI=1S/C10H15N3OS/c1-6-9(5-11)10(13(4)12-6)15-8(3)7(2)14/h7-8,14H,1-4H3. The Balaban J connectivity index is 3.00. The van der Waals surface area contributed by atoms with Crippen LogP contribution >= 0.6 is 11.8 Å². The molecular formula is C10H15N3OS. The minimum Gasteiger partial charge on any atom is -0.392 e. The summed E-state index contributed by atoms with van der Waals surface area (Å²) >= 11 is 1.48. The molecule has 0 amide bonds. The first kappa shape index (κ1) is 12.1. The van der Waals surface area contributed by atoms with Crippen molar-refractivity contribution < 1.29 is 5.11 Å². The average molecular weight is 225 g/mol. The molecule has 0 aromatic carbocycles. The lowest BCUT2D eigenvalue weighted by molar-refractivity contribution is 0.196. The lowest BCUT2D eigenvalue weighted by Crippen LogP contribution is -2.15. The van der Waals surface area contributed by atoms with E-state index in [1.165, 1.54) is 11.8 Å². The summed E-state index contributed by atoms with van der Waals surface area (Å²) < 4.78 is 1.69.